The molecular weight excluding hydrogens is 430 g/mol. The molecule has 106 valence electrons. The third kappa shape index (κ3) is 3.19. The van der Waals surface area contributed by atoms with Crippen molar-refractivity contribution in [2.24, 2.45) is 0 Å². The number of phenols is 1. The minimum atomic E-state index is -0.274. The summed E-state index contributed by atoms with van der Waals surface area (Å²) in [6.45, 7) is 2.25. The molecule has 0 aromatic heterocycles. The van der Waals surface area contributed by atoms with E-state index in [1.807, 2.05) is 6.92 Å². The van der Waals surface area contributed by atoms with Crippen LogP contribution in [0.15, 0.2) is 19.9 Å². The van der Waals surface area contributed by atoms with Crippen molar-refractivity contribution in [1.82, 2.24) is 5.32 Å². The topological polar surface area (TPSA) is 58.6 Å². The fourth-order valence-corrected chi connectivity index (χ4v) is 3.43. The second-order valence-electron chi connectivity index (χ2n) is 3.72. The summed E-state index contributed by atoms with van der Waals surface area (Å²) in [5.41, 5.74) is 0.463. The maximum atomic E-state index is 11.7. The van der Waals surface area contributed by atoms with Crippen molar-refractivity contribution in [1.29, 1.82) is 0 Å². The number of ether oxygens (including phenoxy) is 1. The number of nitrogens with one attached hydrogen (secondary N) is 1. The second-order valence-corrected chi connectivity index (χ2v) is 7.08. The molecule has 1 amide bonds. The molecular formula is C12H9Br2NO3S2. The van der Waals surface area contributed by atoms with Gasteiger partial charge in [-0.3, -0.25) is 4.79 Å². The Labute approximate surface area is 142 Å². The molecule has 1 aromatic carbocycles. The Hall–Kier alpha value is -0.570. The van der Waals surface area contributed by atoms with Crippen LogP contribution in [0.1, 0.15) is 12.5 Å². The first kappa shape index (κ1) is 15.8. The highest BCUT2D eigenvalue weighted by atomic mass is 79.9. The van der Waals surface area contributed by atoms with Gasteiger partial charge in [0.1, 0.15) is 4.32 Å². The van der Waals surface area contributed by atoms with Gasteiger partial charge in [-0.05, 0) is 50.9 Å². The molecule has 0 aliphatic carbocycles. The van der Waals surface area contributed by atoms with Crippen LogP contribution >= 0.6 is 55.8 Å². The third-order valence-electron chi connectivity index (χ3n) is 2.41. The Morgan fingerprint density at radius 1 is 1.55 bits per heavy atom. The van der Waals surface area contributed by atoms with Gasteiger partial charge in [0.05, 0.1) is 11.5 Å². The average molecular weight is 439 g/mol. The number of carbonyl (C=O) groups is 1. The molecule has 1 heterocycles. The summed E-state index contributed by atoms with van der Waals surface area (Å²) in [5.74, 6) is 0.0466. The van der Waals surface area contributed by atoms with Crippen LogP contribution in [-0.2, 0) is 4.79 Å². The monoisotopic (exact) mass is 437 g/mol. The zero-order chi connectivity index (χ0) is 14.9. The molecule has 1 fully saturated rings. The Kier molecular flexibility index (Phi) is 5.11. The van der Waals surface area contributed by atoms with Crippen molar-refractivity contribution in [3.63, 3.8) is 0 Å². The van der Waals surface area contributed by atoms with E-state index in [2.05, 4.69) is 37.2 Å². The maximum absolute atomic E-state index is 11.7. The summed E-state index contributed by atoms with van der Waals surface area (Å²) >= 11 is 12.8. The van der Waals surface area contributed by atoms with E-state index in [-0.39, 0.29) is 11.7 Å². The van der Waals surface area contributed by atoms with Crippen molar-refractivity contribution in [3.8, 4) is 11.5 Å². The Morgan fingerprint density at radius 2 is 2.25 bits per heavy atom. The van der Waals surface area contributed by atoms with Crippen molar-refractivity contribution in [2.45, 2.75) is 6.92 Å². The predicted molar refractivity (Wildman–Crippen MR) is 91.0 cm³/mol. The van der Waals surface area contributed by atoms with Crippen LogP contribution in [0, 0.1) is 0 Å². The van der Waals surface area contributed by atoms with Gasteiger partial charge >= 0.3 is 0 Å². The van der Waals surface area contributed by atoms with E-state index >= 15 is 0 Å². The summed E-state index contributed by atoms with van der Waals surface area (Å²) in [4.78, 5) is 12.1. The van der Waals surface area contributed by atoms with E-state index in [9.17, 15) is 9.90 Å². The smallest absolute Gasteiger partial charge is 0.263 e. The molecule has 1 aromatic rings. The van der Waals surface area contributed by atoms with Gasteiger partial charge in [-0.15, -0.1) is 0 Å². The second kappa shape index (κ2) is 6.46. The maximum Gasteiger partial charge on any atom is 0.263 e. The van der Waals surface area contributed by atoms with Crippen LogP contribution in [0.25, 0.3) is 6.08 Å². The summed E-state index contributed by atoms with van der Waals surface area (Å²) in [5, 5.41) is 12.8. The quantitative estimate of drug-likeness (QED) is 0.555. The number of benzene rings is 1. The zero-order valence-electron chi connectivity index (χ0n) is 10.2. The molecule has 0 radical (unpaired) electrons. The van der Waals surface area contributed by atoms with Crippen LogP contribution < -0.4 is 10.1 Å². The number of thiocarbonyl (C=S) groups is 1. The molecule has 2 rings (SSSR count). The Morgan fingerprint density at radius 3 is 2.80 bits per heavy atom. The van der Waals surface area contributed by atoms with E-state index in [0.717, 1.165) is 16.2 Å². The third-order valence-corrected chi connectivity index (χ3v) is 5.58. The number of rotatable bonds is 3. The lowest BCUT2D eigenvalue weighted by Gasteiger charge is -2.11. The minimum Gasteiger partial charge on any atom is -0.504 e. The largest absolute Gasteiger partial charge is 0.504 e. The Balaban J connectivity index is 2.53. The van der Waals surface area contributed by atoms with Crippen LogP contribution in [0.5, 0.6) is 11.5 Å². The number of amides is 1. The molecule has 0 bridgehead atoms. The molecule has 4 nitrogen and oxygen atoms in total. The Bertz CT molecular complexity index is 632. The highest BCUT2D eigenvalue weighted by Crippen LogP contribution is 2.42. The lowest BCUT2D eigenvalue weighted by Crippen LogP contribution is -2.17. The predicted octanol–water partition coefficient (Wildman–Crippen LogP) is 3.80. The number of carbonyl (C=O) groups excluding carboxylic acids is 1. The van der Waals surface area contributed by atoms with Crippen molar-refractivity contribution in [3.05, 3.63) is 25.5 Å². The van der Waals surface area contributed by atoms with Crippen LogP contribution in [0.3, 0.4) is 0 Å². The summed E-state index contributed by atoms with van der Waals surface area (Å²) in [6, 6.07) is 1.66. The van der Waals surface area contributed by atoms with Gasteiger partial charge in [-0.25, -0.2) is 0 Å². The number of hydrogen-bond acceptors (Lipinski definition) is 5. The zero-order valence-corrected chi connectivity index (χ0v) is 15.0. The number of aromatic hydroxyl groups is 1. The molecule has 0 atom stereocenters. The summed E-state index contributed by atoms with van der Waals surface area (Å²) in [6.07, 6.45) is 1.58. The molecule has 8 heteroatoms. The lowest BCUT2D eigenvalue weighted by atomic mass is 10.1. The molecule has 2 N–H and O–H groups in total. The van der Waals surface area contributed by atoms with Crippen LogP contribution in [0.4, 0.5) is 0 Å². The van der Waals surface area contributed by atoms with E-state index in [1.54, 1.807) is 12.1 Å². The van der Waals surface area contributed by atoms with Gasteiger partial charge in [0.25, 0.3) is 5.91 Å². The highest BCUT2D eigenvalue weighted by Gasteiger charge is 2.24. The first-order chi connectivity index (χ1) is 9.43. The van der Waals surface area contributed by atoms with Gasteiger partial charge in [-0.1, -0.05) is 24.0 Å². The number of thioether (sulfide) groups is 1. The highest BCUT2D eigenvalue weighted by molar-refractivity contribution is 9.13. The van der Waals surface area contributed by atoms with Gasteiger partial charge in [0, 0.05) is 14.5 Å². The fourth-order valence-electron chi connectivity index (χ4n) is 1.56. The van der Waals surface area contributed by atoms with Crippen molar-refractivity contribution in [2.75, 3.05) is 6.61 Å². The number of phenolic OH excluding ortho intramolecular Hbond substituents is 1. The van der Waals surface area contributed by atoms with E-state index < -0.39 is 0 Å². The molecule has 0 saturated carbocycles. The van der Waals surface area contributed by atoms with Crippen LogP contribution in [0.2, 0.25) is 0 Å². The standard InChI is InChI=1S/C12H9Br2NO3S2/c1-2-18-7-4-6(13)9(14)5(10(7)16)3-8-11(17)15-12(19)20-8/h3-4,16H,2H2,1H3,(H,15,17,19)/b8-3+. The molecule has 0 spiro atoms. The van der Waals surface area contributed by atoms with Gasteiger partial charge in [0.15, 0.2) is 11.5 Å². The molecule has 0 unspecified atom stereocenters. The molecule has 1 aliphatic heterocycles. The minimum absolute atomic E-state index is 0.0272. The number of hydrogen-bond donors (Lipinski definition) is 2. The number of halogens is 2. The fraction of sp³-hybridized carbons (Fsp3) is 0.167. The van der Waals surface area contributed by atoms with Gasteiger partial charge in [-0.2, -0.15) is 0 Å². The first-order valence-electron chi connectivity index (χ1n) is 5.52. The van der Waals surface area contributed by atoms with Crippen LogP contribution in [-0.4, -0.2) is 21.9 Å². The molecule has 1 aliphatic rings. The van der Waals surface area contributed by atoms with Gasteiger partial charge in [0.2, 0.25) is 0 Å². The average Bonchev–Trinajstić information content (AvgIpc) is 2.70. The lowest BCUT2D eigenvalue weighted by molar-refractivity contribution is -0.115. The van der Waals surface area contributed by atoms with E-state index in [4.69, 9.17) is 17.0 Å². The normalized spacial score (nSPS) is 16.6. The van der Waals surface area contributed by atoms with E-state index in [0.29, 0.717) is 31.6 Å². The summed E-state index contributed by atoms with van der Waals surface area (Å²) in [7, 11) is 0. The van der Waals surface area contributed by atoms with Crippen molar-refractivity contribution < 1.29 is 14.6 Å². The summed E-state index contributed by atoms with van der Waals surface area (Å²) < 4.78 is 7.12. The SMILES string of the molecule is CCOc1cc(Br)c(Br)c(/C=C2/SC(=S)NC2=O)c1O. The van der Waals surface area contributed by atoms with E-state index in [1.165, 1.54) is 0 Å². The van der Waals surface area contributed by atoms with Gasteiger partial charge < -0.3 is 15.2 Å². The molecule has 1 saturated heterocycles. The van der Waals surface area contributed by atoms with Crippen molar-refractivity contribution >= 4 is 72.1 Å². The molecule has 20 heavy (non-hydrogen) atoms. The first-order valence-corrected chi connectivity index (χ1v) is 8.33.